The van der Waals surface area contributed by atoms with Gasteiger partial charge in [-0.2, -0.15) is 0 Å². The Morgan fingerprint density at radius 1 is 0.408 bits per heavy atom. The van der Waals surface area contributed by atoms with Gasteiger partial charge in [0.15, 0.2) is 50.0 Å². The summed E-state index contributed by atoms with van der Waals surface area (Å²) in [7, 11) is 7.16. The van der Waals surface area contributed by atoms with E-state index in [9.17, 15) is 0 Å². The lowest BCUT2D eigenvalue weighted by Crippen LogP contribution is -2.45. The van der Waals surface area contributed by atoms with Crippen molar-refractivity contribution < 1.29 is 33.2 Å². The first-order valence-corrected chi connectivity index (χ1v) is 39.5. The Labute approximate surface area is 629 Å². The van der Waals surface area contributed by atoms with Gasteiger partial charge in [0.1, 0.15) is 63.9 Å². The number of aryl methyl sites for hydroxylation is 4. The van der Waals surface area contributed by atoms with Crippen LogP contribution in [0.5, 0.6) is 34.5 Å². The fourth-order valence-corrected chi connectivity index (χ4v) is 17.9. The smallest absolute Gasteiger partial charge is 0.192 e. The fourth-order valence-electron chi connectivity index (χ4n) is 11.7. The quantitative estimate of drug-likeness (QED) is 0.0236. The lowest BCUT2D eigenvalue weighted by atomic mass is 10.1. The van der Waals surface area contributed by atoms with Crippen LogP contribution in [0.25, 0.3) is 31.7 Å². The monoisotopic (exact) mass is 1520 g/mol. The van der Waals surface area contributed by atoms with Gasteiger partial charge >= 0.3 is 0 Å². The number of thioether (sulfide) groups is 3. The van der Waals surface area contributed by atoms with Crippen molar-refractivity contribution in [2.45, 2.75) is 98.9 Å². The number of hydrogen-bond acceptors (Lipinski definition) is 31. The zero-order valence-corrected chi connectivity index (χ0v) is 65.5. The number of nitrogen functional groups attached to an aromatic ring is 5. The Bertz CT molecular complexity index is 3990. The van der Waals surface area contributed by atoms with E-state index in [2.05, 4.69) is 98.1 Å². The number of piperidine rings is 1. The minimum absolute atomic E-state index is 0.0405. The summed E-state index contributed by atoms with van der Waals surface area (Å²) in [5.41, 5.74) is 36.1. The van der Waals surface area contributed by atoms with E-state index in [0.717, 1.165) is 184 Å². The highest BCUT2D eigenvalue weighted by Gasteiger charge is 2.25. The molecule has 0 bridgehead atoms. The number of methoxy groups -OCH3 is 3. The number of morpholine rings is 1. The molecule has 0 amide bonds. The summed E-state index contributed by atoms with van der Waals surface area (Å²) >= 11 is 9.54. The van der Waals surface area contributed by atoms with E-state index in [0.29, 0.717) is 64.4 Å². The number of benzene rings is 3. The average Bonchev–Trinajstić information content (AvgIpc) is 1.74. The maximum Gasteiger partial charge on any atom is 0.192 e. The molecule has 3 saturated heterocycles. The second-order valence-electron chi connectivity index (χ2n) is 25.0. The Hall–Kier alpha value is -7.56. The van der Waals surface area contributed by atoms with Gasteiger partial charge in [-0.15, -0.1) is 34.0 Å². The van der Waals surface area contributed by atoms with E-state index in [4.69, 9.17) is 76.8 Å². The van der Waals surface area contributed by atoms with E-state index in [-0.39, 0.29) is 15.7 Å². The van der Waals surface area contributed by atoms with Gasteiger partial charge in [-0.1, -0.05) is 41.7 Å². The van der Waals surface area contributed by atoms with Gasteiger partial charge in [-0.25, -0.2) is 44.9 Å². The van der Waals surface area contributed by atoms with Crippen molar-refractivity contribution >= 4 is 98.4 Å². The second-order valence-corrected chi connectivity index (χ2v) is 32.6. The van der Waals surface area contributed by atoms with Crippen LogP contribution in [0.4, 0.5) is 29.1 Å². The highest BCUT2D eigenvalue weighted by atomic mass is 32.2. The maximum absolute atomic E-state index is 6.16. The van der Waals surface area contributed by atoms with Gasteiger partial charge in [-0.3, -0.25) is 14.7 Å². The molecule has 103 heavy (non-hydrogen) atoms. The molecule has 6 aromatic heterocycles. The molecule has 3 atom stereocenters. The Morgan fingerprint density at radius 2 is 0.738 bits per heavy atom. The van der Waals surface area contributed by atoms with Crippen LogP contribution in [0.3, 0.4) is 0 Å². The lowest BCUT2D eigenvalue weighted by molar-refractivity contribution is 0.0321. The molecular weight excluding hydrogens is 1420 g/mol. The first-order chi connectivity index (χ1) is 49.7. The SMILES string of the molecule is COc1ccc(-c2nc(C(C)Sc3nc(C)cc(N)n3)c(C)s2)cc1OCCN1CCOCC1.COc1ccc(-c2nc(C(C)Sc3nc(N)cc(N)n3)c(C)s2)cc1OCCN1CCCCC1.COc1ccc(-c2nc(C(C)Sc3nc(N)cc(N)n3)c(C)s2)cc1OCCN1CCN(C)CC1. The molecule has 31 heteroatoms. The van der Waals surface area contributed by atoms with Crippen molar-refractivity contribution in [3.63, 3.8) is 0 Å². The Balaban J connectivity index is 0.000000166. The van der Waals surface area contributed by atoms with Crippen LogP contribution in [0.15, 0.2) is 88.3 Å². The van der Waals surface area contributed by atoms with Gasteiger partial charge in [0.25, 0.3) is 0 Å². The van der Waals surface area contributed by atoms with Crippen LogP contribution in [0.2, 0.25) is 0 Å². The third-order valence-electron chi connectivity index (χ3n) is 17.2. The zero-order valence-electron chi connectivity index (χ0n) is 60.6. The summed E-state index contributed by atoms with van der Waals surface area (Å²) in [4.78, 5) is 53.9. The Morgan fingerprint density at radius 3 is 1.09 bits per heavy atom. The number of hydrogen-bond donors (Lipinski definition) is 5. The van der Waals surface area contributed by atoms with E-state index < -0.39 is 0 Å². The van der Waals surface area contributed by atoms with Gasteiger partial charge in [0.2, 0.25) is 0 Å². The molecule has 10 N–H and O–H groups in total. The fraction of sp³-hybridized carbons (Fsp3) is 0.458. The molecule has 3 aliphatic rings. The van der Waals surface area contributed by atoms with Crippen molar-refractivity contribution in [2.75, 3.05) is 162 Å². The molecule has 12 rings (SSSR count). The lowest BCUT2D eigenvalue weighted by Gasteiger charge is -2.32. The molecule has 3 aliphatic heterocycles. The predicted molar refractivity (Wildman–Crippen MR) is 420 cm³/mol. The third kappa shape index (κ3) is 22.5. The van der Waals surface area contributed by atoms with E-state index >= 15 is 0 Å². The number of thiazole rings is 3. The second kappa shape index (κ2) is 37.9. The molecule has 0 radical (unpaired) electrons. The summed E-state index contributed by atoms with van der Waals surface area (Å²) in [6.45, 7) is 29.1. The van der Waals surface area contributed by atoms with Crippen LogP contribution in [-0.2, 0) is 4.74 Å². The zero-order chi connectivity index (χ0) is 73.1. The molecule has 9 aromatic rings. The number of nitrogens with zero attached hydrogens (tertiary/aromatic N) is 13. The van der Waals surface area contributed by atoms with Crippen molar-refractivity contribution in [1.82, 2.24) is 64.5 Å². The topological polar surface area (TPSA) is 324 Å². The van der Waals surface area contributed by atoms with Gasteiger partial charge in [-0.05, 0) is 136 Å². The molecular formula is C72H96N18O7S6. The minimum Gasteiger partial charge on any atom is -0.493 e. The summed E-state index contributed by atoms with van der Waals surface area (Å²) in [5, 5.41) is 4.76. The normalized spacial score (nSPS) is 15.4. The predicted octanol–water partition coefficient (Wildman–Crippen LogP) is 12.7. The first-order valence-electron chi connectivity index (χ1n) is 34.4. The highest BCUT2D eigenvalue weighted by Crippen LogP contribution is 2.44. The average molecular weight is 1520 g/mol. The van der Waals surface area contributed by atoms with Gasteiger partial charge in [0, 0.05) is 114 Å². The van der Waals surface area contributed by atoms with Crippen LogP contribution in [0.1, 0.15) is 93.2 Å². The summed E-state index contributed by atoms with van der Waals surface area (Å²) in [6.07, 6.45) is 3.89. The highest BCUT2D eigenvalue weighted by molar-refractivity contribution is 7.99. The van der Waals surface area contributed by atoms with Crippen molar-refractivity contribution in [3.8, 4) is 66.2 Å². The molecule has 3 fully saturated rings. The van der Waals surface area contributed by atoms with Crippen LogP contribution in [-0.4, -0.2) is 198 Å². The number of piperazine rings is 1. The number of likely N-dealkylation sites (N-methyl/N-ethyl adjacent to an activating group) is 1. The molecule has 0 saturated carbocycles. The number of anilines is 5. The van der Waals surface area contributed by atoms with Crippen LogP contribution < -0.4 is 57.1 Å². The van der Waals surface area contributed by atoms with Crippen molar-refractivity contribution in [2.24, 2.45) is 0 Å². The summed E-state index contributed by atoms with van der Waals surface area (Å²) < 4.78 is 40.4. The standard InChI is InChI=1S/C24H33N7O2S2.C24H32N6O2S2.C24H31N5O3S2/c1-15-22(16(2)35-24-27-20(25)14-21(26)28-24)29-23(34-15)17-5-6-18(32-4)19(13-17)33-12-11-31-9-7-30(3)8-10-31;1-15-22(16(2)34-24-27-20(25)14-21(26)28-24)29-23(33-15)17-7-8-18(31-3)19(13-17)32-12-11-30-9-5-4-6-10-30;1-15-13-21(25)27-24(26-15)34-17(3)22-16(2)33-23(28-22)18-5-6-19(30-4)20(14-18)32-12-9-29-7-10-31-11-8-29/h5-6,13-14,16H,7-12H2,1-4H3,(H4,25,26,27,28);7-8,13-14,16H,4-6,9-12H2,1-3H3,(H4,25,26,27,28);5-6,13-14,17H,7-12H2,1-4H3,(H2,25,26,27). The molecule has 25 nitrogen and oxygen atoms in total. The molecule has 0 aliphatic carbocycles. The van der Waals surface area contributed by atoms with Crippen molar-refractivity contribution in [1.29, 1.82) is 0 Å². The summed E-state index contributed by atoms with van der Waals surface area (Å²) in [6, 6.07) is 22.8. The van der Waals surface area contributed by atoms with Crippen LogP contribution >= 0.6 is 69.3 Å². The molecule has 3 aromatic carbocycles. The molecule has 0 spiro atoms. The number of rotatable bonds is 27. The maximum atomic E-state index is 6.16. The van der Waals surface area contributed by atoms with Crippen LogP contribution in [0, 0.1) is 27.7 Å². The number of nitrogens with two attached hydrogens (primary N) is 5. The van der Waals surface area contributed by atoms with Crippen molar-refractivity contribution in [3.05, 3.63) is 110 Å². The van der Waals surface area contributed by atoms with E-state index in [1.165, 1.54) is 47.7 Å². The van der Waals surface area contributed by atoms with Gasteiger partial charge < -0.3 is 66.7 Å². The third-order valence-corrected chi connectivity index (χ3v) is 23.2. The number of likely N-dealkylation sites (tertiary alicyclic amines) is 1. The van der Waals surface area contributed by atoms with E-state index in [1.54, 1.807) is 85.3 Å². The summed E-state index contributed by atoms with van der Waals surface area (Å²) in [5.74, 6) is 6.33. The number of ether oxygens (including phenoxy) is 7. The largest absolute Gasteiger partial charge is 0.493 e. The molecule has 552 valence electrons. The molecule has 9 heterocycles. The van der Waals surface area contributed by atoms with Gasteiger partial charge in [0.05, 0.1) is 67.4 Å². The van der Waals surface area contributed by atoms with E-state index in [1.807, 2.05) is 61.5 Å². The Kier molecular flexibility index (Phi) is 28.7. The minimum atomic E-state index is 0.0405. The molecule has 3 unspecified atom stereocenters. The first kappa shape index (κ1) is 78.0. The number of aromatic nitrogens is 9.